The number of methoxy groups -OCH3 is 1. The molecule has 0 N–H and O–H groups in total. The Balaban J connectivity index is 2.53. The number of carbonyl (C=O) groups is 1. The first-order chi connectivity index (χ1) is 6.69. The molecule has 0 aromatic heterocycles. The van der Waals surface area contributed by atoms with Gasteiger partial charge in [-0.2, -0.15) is 11.8 Å². The number of ether oxygens (including phenoxy) is 1. The molecule has 0 amide bonds. The number of hydrogen-bond acceptors (Lipinski definition) is 4. The highest BCUT2D eigenvalue weighted by Crippen LogP contribution is 2.26. The van der Waals surface area contributed by atoms with Crippen LogP contribution in [0.15, 0.2) is 0 Å². The Kier molecular flexibility index (Phi) is 4.75. The van der Waals surface area contributed by atoms with Gasteiger partial charge in [-0.3, -0.25) is 4.79 Å². The van der Waals surface area contributed by atoms with Crippen LogP contribution >= 0.6 is 11.8 Å². The Morgan fingerprint density at radius 2 is 2.43 bits per heavy atom. The van der Waals surface area contributed by atoms with Gasteiger partial charge in [0.15, 0.2) is 0 Å². The summed E-state index contributed by atoms with van der Waals surface area (Å²) in [5.74, 6) is 1.41. The molecule has 0 saturated carbocycles. The Bertz CT molecular complexity index is 199. The zero-order valence-electron chi connectivity index (χ0n) is 9.16. The van der Waals surface area contributed by atoms with Crippen molar-refractivity contribution in [1.82, 2.24) is 4.90 Å². The van der Waals surface area contributed by atoms with E-state index in [2.05, 4.69) is 11.9 Å². The number of thioether (sulfide) groups is 1. The average molecular weight is 217 g/mol. The first-order valence-electron chi connectivity index (χ1n) is 4.94. The predicted octanol–water partition coefficient (Wildman–Crippen LogP) is 1.09. The van der Waals surface area contributed by atoms with Crippen molar-refractivity contribution in [3.63, 3.8) is 0 Å². The van der Waals surface area contributed by atoms with Crippen LogP contribution in [0.3, 0.4) is 0 Å². The maximum absolute atomic E-state index is 11.5. The normalized spacial score (nSPS) is 24.9. The molecule has 0 aromatic rings. The summed E-state index contributed by atoms with van der Waals surface area (Å²) < 4.78 is 4.84. The maximum Gasteiger partial charge on any atom is 0.309 e. The van der Waals surface area contributed by atoms with E-state index in [9.17, 15) is 4.79 Å². The van der Waals surface area contributed by atoms with Crippen molar-refractivity contribution in [1.29, 1.82) is 0 Å². The lowest BCUT2D eigenvalue weighted by Gasteiger charge is -2.20. The van der Waals surface area contributed by atoms with Crippen LogP contribution < -0.4 is 0 Å². The quantitative estimate of drug-likeness (QED) is 0.659. The van der Waals surface area contributed by atoms with E-state index in [1.54, 1.807) is 11.8 Å². The summed E-state index contributed by atoms with van der Waals surface area (Å²) in [6, 6.07) is 0. The first-order valence-corrected chi connectivity index (χ1v) is 6.33. The van der Waals surface area contributed by atoms with Gasteiger partial charge in [0.2, 0.25) is 0 Å². The van der Waals surface area contributed by atoms with E-state index in [4.69, 9.17) is 4.74 Å². The van der Waals surface area contributed by atoms with Gasteiger partial charge < -0.3 is 9.64 Å². The molecule has 14 heavy (non-hydrogen) atoms. The molecule has 0 radical (unpaired) electrons. The molecule has 1 saturated heterocycles. The summed E-state index contributed by atoms with van der Waals surface area (Å²) >= 11 is 1.72. The topological polar surface area (TPSA) is 29.5 Å². The number of likely N-dealkylation sites (tertiary alicyclic amines) is 1. The smallest absolute Gasteiger partial charge is 0.309 e. The molecular weight excluding hydrogens is 198 g/mol. The molecule has 4 heteroatoms. The summed E-state index contributed by atoms with van der Waals surface area (Å²) in [7, 11) is 3.59. The summed E-state index contributed by atoms with van der Waals surface area (Å²) in [6.45, 7) is 2.13. The van der Waals surface area contributed by atoms with E-state index in [1.165, 1.54) is 7.11 Å². The highest BCUT2D eigenvalue weighted by atomic mass is 32.2. The van der Waals surface area contributed by atoms with Gasteiger partial charge in [-0.05, 0) is 32.2 Å². The highest BCUT2D eigenvalue weighted by Gasteiger charge is 2.32. The van der Waals surface area contributed by atoms with Crippen LogP contribution in [0.4, 0.5) is 0 Å². The number of carbonyl (C=O) groups excluding carboxylic acids is 1. The Labute approximate surface area is 90.2 Å². The lowest BCUT2D eigenvalue weighted by Crippen LogP contribution is -2.29. The molecule has 1 fully saturated rings. The van der Waals surface area contributed by atoms with Gasteiger partial charge in [-0.25, -0.2) is 0 Å². The summed E-state index contributed by atoms with van der Waals surface area (Å²) in [5, 5.41) is 0. The molecule has 0 bridgehead atoms. The third-order valence-electron chi connectivity index (χ3n) is 2.85. The largest absolute Gasteiger partial charge is 0.469 e. The van der Waals surface area contributed by atoms with Crippen LogP contribution in [-0.2, 0) is 9.53 Å². The van der Waals surface area contributed by atoms with Crippen molar-refractivity contribution >= 4 is 17.7 Å². The fourth-order valence-corrected chi connectivity index (χ4v) is 2.79. The molecule has 2 atom stereocenters. The van der Waals surface area contributed by atoms with Crippen molar-refractivity contribution in [2.75, 3.05) is 39.3 Å². The van der Waals surface area contributed by atoms with E-state index in [0.29, 0.717) is 5.92 Å². The lowest BCUT2D eigenvalue weighted by molar-refractivity contribution is -0.146. The zero-order valence-corrected chi connectivity index (χ0v) is 9.97. The monoisotopic (exact) mass is 217 g/mol. The average Bonchev–Trinajstić information content (AvgIpc) is 2.60. The van der Waals surface area contributed by atoms with Crippen LogP contribution in [0.2, 0.25) is 0 Å². The molecular formula is C10H19NO2S. The molecule has 82 valence electrons. The summed E-state index contributed by atoms with van der Waals surface area (Å²) in [6.07, 6.45) is 3.16. The summed E-state index contributed by atoms with van der Waals surface area (Å²) in [4.78, 5) is 13.8. The second-order valence-corrected chi connectivity index (χ2v) is 4.81. The van der Waals surface area contributed by atoms with Crippen molar-refractivity contribution in [3.8, 4) is 0 Å². The second-order valence-electron chi connectivity index (χ2n) is 3.90. The molecule has 1 aliphatic heterocycles. The van der Waals surface area contributed by atoms with Crippen molar-refractivity contribution < 1.29 is 9.53 Å². The fourth-order valence-electron chi connectivity index (χ4n) is 2.03. The SMILES string of the molecule is COC(=O)C(CSC)C1CCN(C)C1. The molecule has 1 aliphatic rings. The van der Waals surface area contributed by atoms with E-state index >= 15 is 0 Å². The fraction of sp³-hybridized carbons (Fsp3) is 0.900. The van der Waals surface area contributed by atoms with Crippen LogP contribution in [0.5, 0.6) is 0 Å². The molecule has 1 heterocycles. The van der Waals surface area contributed by atoms with Crippen molar-refractivity contribution in [2.24, 2.45) is 11.8 Å². The Morgan fingerprint density at radius 3 is 2.86 bits per heavy atom. The van der Waals surface area contributed by atoms with Gasteiger partial charge in [0.1, 0.15) is 0 Å². The van der Waals surface area contributed by atoms with Gasteiger partial charge in [-0.1, -0.05) is 0 Å². The van der Waals surface area contributed by atoms with E-state index < -0.39 is 0 Å². The maximum atomic E-state index is 11.5. The van der Waals surface area contributed by atoms with Gasteiger partial charge in [0.25, 0.3) is 0 Å². The number of rotatable bonds is 4. The minimum absolute atomic E-state index is 0.0420. The zero-order chi connectivity index (χ0) is 10.6. The van der Waals surface area contributed by atoms with Gasteiger partial charge in [0, 0.05) is 12.3 Å². The summed E-state index contributed by atoms with van der Waals surface area (Å²) in [5.41, 5.74) is 0. The lowest BCUT2D eigenvalue weighted by atomic mass is 9.93. The third kappa shape index (κ3) is 2.89. The Morgan fingerprint density at radius 1 is 1.71 bits per heavy atom. The van der Waals surface area contributed by atoms with Gasteiger partial charge in [0.05, 0.1) is 13.0 Å². The van der Waals surface area contributed by atoms with Gasteiger partial charge in [-0.15, -0.1) is 0 Å². The molecule has 0 spiro atoms. The molecule has 0 aromatic carbocycles. The first kappa shape index (κ1) is 11.9. The predicted molar refractivity (Wildman–Crippen MR) is 59.5 cm³/mol. The van der Waals surface area contributed by atoms with Crippen LogP contribution in [0, 0.1) is 11.8 Å². The van der Waals surface area contributed by atoms with Crippen LogP contribution in [0.1, 0.15) is 6.42 Å². The second kappa shape index (κ2) is 5.61. The van der Waals surface area contributed by atoms with Gasteiger partial charge >= 0.3 is 5.97 Å². The van der Waals surface area contributed by atoms with E-state index in [0.717, 1.165) is 25.3 Å². The van der Waals surface area contributed by atoms with E-state index in [1.807, 2.05) is 6.26 Å². The van der Waals surface area contributed by atoms with Crippen LogP contribution in [0.25, 0.3) is 0 Å². The number of esters is 1. The Hall–Kier alpha value is -0.220. The minimum Gasteiger partial charge on any atom is -0.469 e. The third-order valence-corrected chi connectivity index (χ3v) is 3.54. The molecule has 1 rings (SSSR count). The highest BCUT2D eigenvalue weighted by molar-refractivity contribution is 7.98. The molecule has 3 nitrogen and oxygen atoms in total. The molecule has 2 unspecified atom stereocenters. The van der Waals surface area contributed by atoms with Crippen LogP contribution in [-0.4, -0.2) is 50.1 Å². The van der Waals surface area contributed by atoms with E-state index in [-0.39, 0.29) is 11.9 Å². The standard InChI is InChI=1S/C10H19NO2S/c1-11-5-4-8(6-11)9(7-14-3)10(12)13-2/h8-9H,4-7H2,1-3H3. The number of nitrogens with zero attached hydrogens (tertiary/aromatic N) is 1. The number of hydrogen-bond donors (Lipinski definition) is 0. The van der Waals surface area contributed by atoms with Crippen molar-refractivity contribution in [3.05, 3.63) is 0 Å². The minimum atomic E-state index is -0.0420. The molecule has 0 aliphatic carbocycles. The van der Waals surface area contributed by atoms with Crippen molar-refractivity contribution in [2.45, 2.75) is 6.42 Å².